The fraction of sp³-hybridized carbons (Fsp3) is 0.350. The third-order valence-corrected chi connectivity index (χ3v) is 4.51. The number of rotatable bonds is 5. The number of benzene rings is 2. The van der Waals surface area contributed by atoms with Crippen LogP contribution in [0.25, 0.3) is 0 Å². The SMILES string of the molecule is COc1ccc(Nc2ccc(NC(=O)C3CCCCC3)cc2)cc1. The number of amides is 1. The molecule has 4 heteroatoms. The highest BCUT2D eigenvalue weighted by Crippen LogP contribution is 2.26. The zero-order valence-corrected chi connectivity index (χ0v) is 14.0. The molecule has 0 spiro atoms. The maximum Gasteiger partial charge on any atom is 0.227 e. The summed E-state index contributed by atoms with van der Waals surface area (Å²) in [7, 11) is 1.66. The lowest BCUT2D eigenvalue weighted by Gasteiger charge is -2.20. The Hall–Kier alpha value is -2.49. The summed E-state index contributed by atoms with van der Waals surface area (Å²) in [5.74, 6) is 1.17. The Kier molecular flexibility index (Phi) is 5.36. The second-order valence-corrected chi connectivity index (χ2v) is 6.26. The molecule has 1 fully saturated rings. The summed E-state index contributed by atoms with van der Waals surface area (Å²) in [6.45, 7) is 0. The smallest absolute Gasteiger partial charge is 0.227 e. The molecule has 24 heavy (non-hydrogen) atoms. The maximum absolute atomic E-state index is 12.3. The van der Waals surface area contributed by atoms with Gasteiger partial charge in [0, 0.05) is 23.0 Å². The van der Waals surface area contributed by atoms with Crippen LogP contribution in [0.4, 0.5) is 17.1 Å². The highest BCUT2D eigenvalue weighted by molar-refractivity contribution is 5.92. The van der Waals surface area contributed by atoms with Crippen LogP contribution in [0.5, 0.6) is 5.75 Å². The Bertz CT molecular complexity index is 659. The van der Waals surface area contributed by atoms with E-state index < -0.39 is 0 Å². The van der Waals surface area contributed by atoms with Gasteiger partial charge in [-0.2, -0.15) is 0 Å². The van der Waals surface area contributed by atoms with E-state index in [0.717, 1.165) is 35.7 Å². The van der Waals surface area contributed by atoms with Crippen LogP contribution in [0.2, 0.25) is 0 Å². The molecule has 0 unspecified atom stereocenters. The van der Waals surface area contributed by atoms with Gasteiger partial charge in [0.2, 0.25) is 5.91 Å². The first-order valence-electron chi connectivity index (χ1n) is 8.56. The summed E-state index contributed by atoms with van der Waals surface area (Å²) >= 11 is 0. The molecule has 126 valence electrons. The number of ether oxygens (including phenoxy) is 1. The molecule has 1 amide bonds. The first-order chi connectivity index (χ1) is 11.7. The van der Waals surface area contributed by atoms with Crippen molar-refractivity contribution in [1.82, 2.24) is 0 Å². The normalized spacial score (nSPS) is 14.9. The first-order valence-corrected chi connectivity index (χ1v) is 8.56. The lowest BCUT2D eigenvalue weighted by molar-refractivity contribution is -0.120. The molecule has 1 saturated carbocycles. The highest BCUT2D eigenvalue weighted by Gasteiger charge is 2.20. The molecule has 0 aliphatic heterocycles. The third-order valence-electron chi connectivity index (χ3n) is 4.51. The minimum Gasteiger partial charge on any atom is -0.497 e. The van der Waals surface area contributed by atoms with Crippen LogP contribution in [0.1, 0.15) is 32.1 Å². The van der Waals surface area contributed by atoms with Crippen LogP contribution < -0.4 is 15.4 Å². The molecule has 1 aliphatic rings. The van der Waals surface area contributed by atoms with E-state index in [1.54, 1.807) is 7.11 Å². The second kappa shape index (κ2) is 7.86. The minimum atomic E-state index is 0.158. The summed E-state index contributed by atoms with van der Waals surface area (Å²) in [5, 5.41) is 6.37. The Labute approximate surface area is 143 Å². The number of hydrogen-bond acceptors (Lipinski definition) is 3. The van der Waals surface area contributed by atoms with Gasteiger partial charge in [-0.05, 0) is 61.4 Å². The standard InChI is InChI=1S/C20H24N2O2/c1-24-19-13-11-17(12-14-19)21-16-7-9-18(10-8-16)22-20(23)15-5-3-2-4-6-15/h7-15,21H,2-6H2,1H3,(H,22,23). The Morgan fingerprint density at radius 2 is 1.42 bits per heavy atom. The van der Waals surface area contributed by atoms with Gasteiger partial charge in [-0.25, -0.2) is 0 Å². The fourth-order valence-electron chi connectivity index (χ4n) is 3.09. The van der Waals surface area contributed by atoms with Gasteiger partial charge >= 0.3 is 0 Å². The van der Waals surface area contributed by atoms with Crippen molar-refractivity contribution in [3.63, 3.8) is 0 Å². The number of carbonyl (C=O) groups is 1. The van der Waals surface area contributed by atoms with E-state index in [9.17, 15) is 4.79 Å². The average molecular weight is 324 g/mol. The van der Waals surface area contributed by atoms with Crippen molar-refractivity contribution < 1.29 is 9.53 Å². The molecule has 0 atom stereocenters. The Morgan fingerprint density at radius 3 is 2.00 bits per heavy atom. The van der Waals surface area contributed by atoms with E-state index in [4.69, 9.17) is 4.74 Å². The molecule has 2 aromatic rings. The summed E-state index contributed by atoms with van der Waals surface area (Å²) in [6.07, 6.45) is 5.63. The van der Waals surface area contributed by atoms with Gasteiger partial charge in [-0.3, -0.25) is 4.79 Å². The molecule has 0 heterocycles. The van der Waals surface area contributed by atoms with Crippen LogP contribution >= 0.6 is 0 Å². The lowest BCUT2D eigenvalue weighted by Crippen LogP contribution is -2.24. The molecule has 0 radical (unpaired) electrons. The molecular weight excluding hydrogens is 300 g/mol. The van der Waals surface area contributed by atoms with E-state index in [-0.39, 0.29) is 11.8 Å². The van der Waals surface area contributed by atoms with Crippen LogP contribution in [0.3, 0.4) is 0 Å². The van der Waals surface area contributed by atoms with E-state index in [1.807, 2.05) is 48.5 Å². The number of methoxy groups -OCH3 is 1. The van der Waals surface area contributed by atoms with Gasteiger partial charge in [0.15, 0.2) is 0 Å². The number of anilines is 3. The van der Waals surface area contributed by atoms with Crippen LogP contribution in [-0.4, -0.2) is 13.0 Å². The van der Waals surface area contributed by atoms with Crippen molar-refractivity contribution >= 4 is 23.0 Å². The average Bonchev–Trinajstić information content (AvgIpc) is 2.65. The van der Waals surface area contributed by atoms with Crippen LogP contribution in [0, 0.1) is 5.92 Å². The molecule has 0 bridgehead atoms. The molecule has 3 rings (SSSR count). The summed E-state index contributed by atoms with van der Waals surface area (Å²) in [5.41, 5.74) is 2.83. The number of nitrogens with one attached hydrogen (secondary N) is 2. The predicted molar refractivity (Wildman–Crippen MR) is 97.9 cm³/mol. The summed E-state index contributed by atoms with van der Waals surface area (Å²) in [4.78, 5) is 12.3. The van der Waals surface area contributed by atoms with Gasteiger partial charge in [0.1, 0.15) is 5.75 Å². The van der Waals surface area contributed by atoms with Gasteiger partial charge in [0.25, 0.3) is 0 Å². The molecule has 2 aromatic carbocycles. The van der Waals surface area contributed by atoms with E-state index in [0.29, 0.717) is 0 Å². The van der Waals surface area contributed by atoms with Crippen LogP contribution in [-0.2, 0) is 4.79 Å². The number of hydrogen-bond donors (Lipinski definition) is 2. The molecule has 4 nitrogen and oxygen atoms in total. The monoisotopic (exact) mass is 324 g/mol. The van der Waals surface area contributed by atoms with E-state index in [2.05, 4.69) is 10.6 Å². The van der Waals surface area contributed by atoms with Crippen molar-refractivity contribution in [3.8, 4) is 5.75 Å². The maximum atomic E-state index is 12.3. The van der Waals surface area contributed by atoms with Gasteiger partial charge in [-0.1, -0.05) is 19.3 Å². The predicted octanol–water partition coefficient (Wildman–Crippen LogP) is 4.96. The van der Waals surface area contributed by atoms with E-state index >= 15 is 0 Å². The summed E-state index contributed by atoms with van der Waals surface area (Å²) < 4.78 is 5.15. The molecule has 1 aliphatic carbocycles. The Morgan fingerprint density at radius 1 is 0.875 bits per heavy atom. The Balaban J connectivity index is 1.57. The van der Waals surface area contributed by atoms with Crippen molar-refractivity contribution in [1.29, 1.82) is 0 Å². The molecule has 0 saturated heterocycles. The quantitative estimate of drug-likeness (QED) is 0.817. The third kappa shape index (κ3) is 4.28. The number of carbonyl (C=O) groups excluding carboxylic acids is 1. The van der Waals surface area contributed by atoms with Crippen molar-refractivity contribution in [2.24, 2.45) is 5.92 Å². The topological polar surface area (TPSA) is 50.4 Å². The first kappa shape index (κ1) is 16.4. The zero-order chi connectivity index (χ0) is 16.8. The minimum absolute atomic E-state index is 0.158. The largest absolute Gasteiger partial charge is 0.497 e. The molecule has 0 aromatic heterocycles. The lowest BCUT2D eigenvalue weighted by atomic mass is 9.88. The van der Waals surface area contributed by atoms with Crippen LogP contribution in [0.15, 0.2) is 48.5 Å². The van der Waals surface area contributed by atoms with E-state index in [1.165, 1.54) is 19.3 Å². The molecular formula is C20H24N2O2. The second-order valence-electron chi connectivity index (χ2n) is 6.26. The van der Waals surface area contributed by atoms with Crippen molar-refractivity contribution in [3.05, 3.63) is 48.5 Å². The van der Waals surface area contributed by atoms with Gasteiger partial charge < -0.3 is 15.4 Å². The van der Waals surface area contributed by atoms with Crippen molar-refractivity contribution in [2.75, 3.05) is 17.7 Å². The zero-order valence-electron chi connectivity index (χ0n) is 14.0. The van der Waals surface area contributed by atoms with Gasteiger partial charge in [0.05, 0.1) is 7.11 Å². The van der Waals surface area contributed by atoms with Gasteiger partial charge in [-0.15, -0.1) is 0 Å². The highest BCUT2D eigenvalue weighted by atomic mass is 16.5. The summed E-state index contributed by atoms with van der Waals surface area (Å²) in [6, 6.07) is 15.6. The fourth-order valence-corrected chi connectivity index (χ4v) is 3.09. The molecule has 2 N–H and O–H groups in total. The van der Waals surface area contributed by atoms with Crippen molar-refractivity contribution in [2.45, 2.75) is 32.1 Å².